The molecule has 0 bridgehead atoms. The summed E-state index contributed by atoms with van der Waals surface area (Å²) in [5.41, 5.74) is 0. The van der Waals surface area contributed by atoms with Crippen LogP contribution in [0.1, 0.15) is 26.2 Å². The van der Waals surface area contributed by atoms with E-state index in [2.05, 4.69) is 5.32 Å². The second kappa shape index (κ2) is 5.49. The predicted octanol–water partition coefficient (Wildman–Crippen LogP) is -0.181. The van der Waals surface area contributed by atoms with Crippen molar-refractivity contribution >= 4 is 11.8 Å². The average molecular weight is 239 g/mol. The number of hydrogen-bond donors (Lipinski definition) is 1. The summed E-state index contributed by atoms with van der Waals surface area (Å²) in [5.74, 6) is 0.153. The smallest absolute Gasteiger partial charge is 0.242 e. The fraction of sp³-hybridized carbons (Fsp3) is 0.833. The lowest BCUT2D eigenvalue weighted by atomic mass is 10.2. The van der Waals surface area contributed by atoms with E-state index in [9.17, 15) is 9.59 Å². The minimum Gasteiger partial charge on any atom is -0.332 e. The molecule has 0 spiro atoms. The fourth-order valence-corrected chi connectivity index (χ4v) is 2.06. The Morgan fingerprint density at radius 1 is 1.18 bits per heavy atom. The van der Waals surface area contributed by atoms with Gasteiger partial charge in [-0.15, -0.1) is 0 Å². The minimum absolute atomic E-state index is 0.0715. The molecule has 1 N–H and O–H groups in total. The maximum absolute atomic E-state index is 11.8. The van der Waals surface area contributed by atoms with Crippen molar-refractivity contribution in [3.05, 3.63) is 0 Å². The Hall–Kier alpha value is -1.10. The van der Waals surface area contributed by atoms with Crippen LogP contribution in [0, 0.1) is 0 Å². The summed E-state index contributed by atoms with van der Waals surface area (Å²) in [7, 11) is 0. The van der Waals surface area contributed by atoms with Gasteiger partial charge in [0.1, 0.15) is 0 Å². The molecule has 0 aromatic carbocycles. The Labute approximate surface area is 102 Å². The van der Waals surface area contributed by atoms with Gasteiger partial charge in [0, 0.05) is 19.1 Å². The van der Waals surface area contributed by atoms with Crippen LogP contribution in [0.4, 0.5) is 0 Å². The van der Waals surface area contributed by atoms with Crippen LogP contribution in [0.3, 0.4) is 0 Å². The highest BCUT2D eigenvalue weighted by molar-refractivity contribution is 5.92. The van der Waals surface area contributed by atoms with Gasteiger partial charge >= 0.3 is 0 Å². The van der Waals surface area contributed by atoms with Crippen molar-refractivity contribution in [2.45, 2.75) is 32.2 Å². The molecule has 1 saturated heterocycles. The lowest BCUT2D eigenvalue weighted by Crippen LogP contribution is -2.53. The van der Waals surface area contributed by atoms with Crippen LogP contribution in [-0.2, 0) is 9.59 Å². The highest BCUT2D eigenvalue weighted by atomic mass is 16.2. The Kier molecular flexibility index (Phi) is 3.99. The van der Waals surface area contributed by atoms with Crippen LogP contribution in [-0.4, -0.2) is 60.4 Å². The number of nitrogens with zero attached hydrogens (tertiary/aromatic N) is 2. The first-order chi connectivity index (χ1) is 8.20. The third-order valence-corrected chi connectivity index (χ3v) is 3.35. The van der Waals surface area contributed by atoms with Crippen LogP contribution in [0.25, 0.3) is 0 Å². The van der Waals surface area contributed by atoms with Gasteiger partial charge in [-0.2, -0.15) is 0 Å². The second-order valence-electron chi connectivity index (χ2n) is 4.81. The van der Waals surface area contributed by atoms with E-state index in [1.807, 2.05) is 6.92 Å². The first-order valence-electron chi connectivity index (χ1n) is 6.49. The van der Waals surface area contributed by atoms with Gasteiger partial charge in [0.15, 0.2) is 0 Å². The molecule has 0 aromatic rings. The van der Waals surface area contributed by atoms with Crippen molar-refractivity contribution in [2.75, 3.05) is 32.7 Å². The van der Waals surface area contributed by atoms with E-state index >= 15 is 0 Å². The molecule has 5 heteroatoms. The molecule has 2 rings (SSSR count). The number of nitrogens with one attached hydrogen (secondary N) is 1. The van der Waals surface area contributed by atoms with E-state index in [0.29, 0.717) is 19.1 Å². The van der Waals surface area contributed by atoms with Gasteiger partial charge < -0.3 is 15.1 Å². The lowest BCUT2D eigenvalue weighted by Gasteiger charge is -2.33. The topological polar surface area (TPSA) is 52.7 Å². The number of carbonyl (C=O) groups is 2. The number of rotatable bonds is 6. The van der Waals surface area contributed by atoms with Crippen LogP contribution < -0.4 is 5.32 Å². The number of carbonyl (C=O) groups excluding carboxylic acids is 2. The molecule has 1 saturated carbocycles. The zero-order chi connectivity index (χ0) is 12.3. The van der Waals surface area contributed by atoms with Crippen molar-refractivity contribution < 1.29 is 9.59 Å². The van der Waals surface area contributed by atoms with Crippen molar-refractivity contribution in [1.82, 2.24) is 15.1 Å². The molecule has 1 heterocycles. The molecule has 2 aliphatic rings. The summed E-state index contributed by atoms with van der Waals surface area (Å²) in [6, 6.07) is 0.712. The van der Waals surface area contributed by atoms with Gasteiger partial charge in [0.05, 0.1) is 13.1 Å². The average Bonchev–Trinajstić information content (AvgIpc) is 3.12. The molecular weight excluding hydrogens is 218 g/mol. The van der Waals surface area contributed by atoms with Crippen LogP contribution >= 0.6 is 0 Å². The largest absolute Gasteiger partial charge is 0.332 e. The number of amides is 2. The maximum atomic E-state index is 11.8. The highest BCUT2D eigenvalue weighted by Gasteiger charge is 2.28. The molecule has 0 radical (unpaired) electrons. The zero-order valence-electron chi connectivity index (χ0n) is 10.4. The fourth-order valence-electron chi connectivity index (χ4n) is 2.06. The van der Waals surface area contributed by atoms with Gasteiger partial charge in [0.2, 0.25) is 11.8 Å². The molecular formula is C12H21N3O2. The van der Waals surface area contributed by atoms with Crippen molar-refractivity contribution in [1.29, 1.82) is 0 Å². The summed E-state index contributed by atoms with van der Waals surface area (Å²) in [5, 5.41) is 3.41. The van der Waals surface area contributed by atoms with Gasteiger partial charge in [-0.05, 0) is 32.7 Å². The summed E-state index contributed by atoms with van der Waals surface area (Å²) in [6.07, 6.45) is 3.50. The summed E-state index contributed by atoms with van der Waals surface area (Å²) in [6.45, 7) is 4.69. The van der Waals surface area contributed by atoms with E-state index in [0.717, 1.165) is 13.0 Å². The van der Waals surface area contributed by atoms with Gasteiger partial charge in [-0.25, -0.2) is 0 Å². The van der Waals surface area contributed by atoms with E-state index in [1.165, 1.54) is 12.8 Å². The Balaban J connectivity index is 1.68. The maximum Gasteiger partial charge on any atom is 0.242 e. The number of hydrogen-bond acceptors (Lipinski definition) is 3. The van der Waals surface area contributed by atoms with E-state index in [4.69, 9.17) is 0 Å². The van der Waals surface area contributed by atoms with E-state index < -0.39 is 0 Å². The minimum atomic E-state index is 0.0715. The molecule has 2 amide bonds. The summed E-state index contributed by atoms with van der Waals surface area (Å²) in [4.78, 5) is 26.7. The van der Waals surface area contributed by atoms with Gasteiger partial charge in [0.25, 0.3) is 0 Å². The molecule has 2 fully saturated rings. The van der Waals surface area contributed by atoms with Crippen molar-refractivity contribution in [3.63, 3.8) is 0 Å². The number of piperazine rings is 1. The first kappa shape index (κ1) is 12.4. The second-order valence-corrected chi connectivity index (χ2v) is 4.81. The van der Waals surface area contributed by atoms with Gasteiger partial charge in [-0.3, -0.25) is 9.59 Å². The monoisotopic (exact) mass is 239 g/mol. The quantitative estimate of drug-likeness (QED) is 0.654. The zero-order valence-corrected chi connectivity index (χ0v) is 10.4. The Morgan fingerprint density at radius 2 is 1.82 bits per heavy atom. The van der Waals surface area contributed by atoms with E-state index in [-0.39, 0.29) is 24.9 Å². The standard InChI is InChI=1S/C12H21N3O2/c1-2-14-8-12(17)15(9-11(14)16)7-3-6-13-10-4-5-10/h10,13H,2-9H2,1H3. The lowest BCUT2D eigenvalue weighted by molar-refractivity contribution is -0.149. The summed E-state index contributed by atoms with van der Waals surface area (Å²) < 4.78 is 0. The highest BCUT2D eigenvalue weighted by Crippen LogP contribution is 2.18. The SMILES string of the molecule is CCN1CC(=O)N(CCCNC2CC2)CC1=O. The van der Waals surface area contributed by atoms with Crippen molar-refractivity contribution in [3.8, 4) is 0 Å². The molecule has 1 aliphatic heterocycles. The third-order valence-electron chi connectivity index (χ3n) is 3.35. The third kappa shape index (κ3) is 3.43. The Bertz CT molecular complexity index is 302. The predicted molar refractivity (Wildman–Crippen MR) is 64.5 cm³/mol. The summed E-state index contributed by atoms with van der Waals surface area (Å²) >= 11 is 0. The molecule has 0 unspecified atom stereocenters. The Morgan fingerprint density at radius 3 is 2.47 bits per heavy atom. The molecule has 96 valence electrons. The van der Waals surface area contributed by atoms with Gasteiger partial charge in [-0.1, -0.05) is 0 Å². The molecule has 0 aromatic heterocycles. The molecule has 17 heavy (non-hydrogen) atoms. The van der Waals surface area contributed by atoms with Crippen molar-refractivity contribution in [2.24, 2.45) is 0 Å². The van der Waals surface area contributed by atoms with Crippen LogP contribution in [0.5, 0.6) is 0 Å². The first-order valence-corrected chi connectivity index (χ1v) is 6.49. The molecule has 5 nitrogen and oxygen atoms in total. The van der Waals surface area contributed by atoms with Crippen LogP contribution in [0.15, 0.2) is 0 Å². The normalized spacial score (nSPS) is 21.2. The van der Waals surface area contributed by atoms with Crippen LogP contribution in [0.2, 0.25) is 0 Å². The molecule has 0 atom stereocenters. The number of likely N-dealkylation sites (N-methyl/N-ethyl adjacent to an activating group) is 1. The van der Waals surface area contributed by atoms with E-state index in [1.54, 1.807) is 9.80 Å². The molecule has 1 aliphatic carbocycles.